The highest BCUT2D eigenvalue weighted by molar-refractivity contribution is 5.81. The smallest absolute Gasteiger partial charge is 0.240 e. The van der Waals surface area contributed by atoms with Crippen molar-refractivity contribution in [1.29, 1.82) is 0 Å². The molecular weight excluding hydrogens is 312 g/mol. The molecule has 0 radical (unpaired) electrons. The molecule has 2 heterocycles. The van der Waals surface area contributed by atoms with E-state index in [1.807, 2.05) is 0 Å². The Morgan fingerprint density at radius 2 is 1.33 bits per heavy atom. The Hall–Kier alpha value is -3.16. The standard InChI is InChI=1S/C16H18N4O4/c21-15(19-17-11-13-5-3-9-23-13)7-1-2-8-16(22)20-18-12-14-6-4-10-24-14/h3-6,9-12H,1-2,7-8H2,(H,19,21)(H,20,22). The lowest BCUT2D eigenvalue weighted by atomic mass is 10.2. The van der Waals surface area contributed by atoms with Crippen molar-refractivity contribution in [2.75, 3.05) is 0 Å². The van der Waals surface area contributed by atoms with Gasteiger partial charge in [-0.2, -0.15) is 10.2 Å². The zero-order valence-corrected chi connectivity index (χ0v) is 13.0. The van der Waals surface area contributed by atoms with Crippen LogP contribution in [-0.2, 0) is 9.59 Å². The van der Waals surface area contributed by atoms with Gasteiger partial charge in [-0.15, -0.1) is 0 Å². The van der Waals surface area contributed by atoms with Crippen LogP contribution in [0.3, 0.4) is 0 Å². The summed E-state index contributed by atoms with van der Waals surface area (Å²) >= 11 is 0. The fraction of sp³-hybridized carbons (Fsp3) is 0.250. The molecule has 2 rings (SSSR count). The molecule has 0 spiro atoms. The Balaban J connectivity index is 1.52. The first-order valence-electron chi connectivity index (χ1n) is 7.45. The molecule has 0 saturated heterocycles. The molecule has 8 heteroatoms. The van der Waals surface area contributed by atoms with Crippen molar-refractivity contribution in [3.05, 3.63) is 48.3 Å². The van der Waals surface area contributed by atoms with Gasteiger partial charge in [0.25, 0.3) is 0 Å². The number of amides is 2. The summed E-state index contributed by atoms with van der Waals surface area (Å²) in [4.78, 5) is 23.1. The number of carbonyl (C=O) groups is 2. The fourth-order valence-electron chi connectivity index (χ4n) is 1.75. The summed E-state index contributed by atoms with van der Waals surface area (Å²) in [5.41, 5.74) is 4.79. The minimum Gasteiger partial charge on any atom is -0.463 e. The minimum absolute atomic E-state index is 0.214. The van der Waals surface area contributed by atoms with Crippen molar-refractivity contribution in [1.82, 2.24) is 10.9 Å². The van der Waals surface area contributed by atoms with Crippen molar-refractivity contribution in [3.63, 3.8) is 0 Å². The maximum atomic E-state index is 11.5. The van der Waals surface area contributed by atoms with Gasteiger partial charge in [-0.1, -0.05) is 0 Å². The van der Waals surface area contributed by atoms with Gasteiger partial charge >= 0.3 is 0 Å². The third-order valence-electron chi connectivity index (χ3n) is 2.91. The van der Waals surface area contributed by atoms with Crippen molar-refractivity contribution in [2.24, 2.45) is 10.2 Å². The van der Waals surface area contributed by atoms with E-state index >= 15 is 0 Å². The Morgan fingerprint density at radius 1 is 0.875 bits per heavy atom. The largest absolute Gasteiger partial charge is 0.463 e. The first-order chi connectivity index (χ1) is 11.7. The number of nitrogens with one attached hydrogen (secondary N) is 2. The highest BCUT2D eigenvalue weighted by Gasteiger charge is 2.03. The summed E-state index contributed by atoms with van der Waals surface area (Å²) in [7, 11) is 0. The van der Waals surface area contributed by atoms with Crippen LogP contribution in [0.4, 0.5) is 0 Å². The molecule has 0 aliphatic carbocycles. The molecule has 0 aliphatic rings. The second kappa shape index (κ2) is 9.78. The van der Waals surface area contributed by atoms with Crippen molar-refractivity contribution in [2.45, 2.75) is 25.7 Å². The molecule has 2 aromatic heterocycles. The summed E-state index contributed by atoms with van der Waals surface area (Å²) < 4.78 is 10.1. The monoisotopic (exact) mass is 330 g/mol. The Kier molecular flexibility index (Phi) is 7.00. The average molecular weight is 330 g/mol. The van der Waals surface area contributed by atoms with Gasteiger partial charge in [0.15, 0.2) is 0 Å². The van der Waals surface area contributed by atoms with Crippen molar-refractivity contribution < 1.29 is 18.4 Å². The number of rotatable bonds is 9. The van der Waals surface area contributed by atoms with Crippen LogP contribution in [0.2, 0.25) is 0 Å². The summed E-state index contributed by atoms with van der Waals surface area (Å²) in [6, 6.07) is 6.91. The van der Waals surface area contributed by atoms with E-state index in [-0.39, 0.29) is 11.8 Å². The molecule has 8 nitrogen and oxygen atoms in total. The van der Waals surface area contributed by atoms with Crippen LogP contribution >= 0.6 is 0 Å². The van der Waals surface area contributed by atoms with E-state index in [0.717, 1.165) is 0 Å². The Labute approximate surface area is 138 Å². The number of furan rings is 2. The number of hydrazone groups is 2. The van der Waals surface area contributed by atoms with Gasteiger partial charge < -0.3 is 8.83 Å². The fourth-order valence-corrected chi connectivity index (χ4v) is 1.75. The van der Waals surface area contributed by atoms with Gasteiger partial charge in [0.1, 0.15) is 11.5 Å². The van der Waals surface area contributed by atoms with Crippen molar-refractivity contribution in [3.8, 4) is 0 Å². The highest BCUT2D eigenvalue weighted by atomic mass is 16.3. The van der Waals surface area contributed by atoms with E-state index < -0.39 is 0 Å². The lowest BCUT2D eigenvalue weighted by Crippen LogP contribution is -2.18. The molecule has 0 unspecified atom stereocenters. The quantitative estimate of drug-likeness (QED) is 0.416. The van der Waals surface area contributed by atoms with E-state index in [4.69, 9.17) is 8.83 Å². The predicted octanol–water partition coefficient (Wildman–Crippen LogP) is 2.03. The van der Waals surface area contributed by atoms with Crippen LogP contribution in [-0.4, -0.2) is 24.2 Å². The number of nitrogens with zero attached hydrogens (tertiary/aromatic N) is 2. The summed E-state index contributed by atoms with van der Waals surface area (Å²) in [5, 5.41) is 7.53. The van der Waals surface area contributed by atoms with E-state index in [1.165, 1.54) is 25.0 Å². The van der Waals surface area contributed by atoms with Crippen LogP contribution in [0.25, 0.3) is 0 Å². The third-order valence-corrected chi connectivity index (χ3v) is 2.91. The maximum Gasteiger partial charge on any atom is 0.240 e. The molecule has 0 aliphatic heterocycles. The number of hydrogen-bond acceptors (Lipinski definition) is 6. The molecule has 2 amide bonds. The maximum absolute atomic E-state index is 11.5. The van der Waals surface area contributed by atoms with Gasteiger partial charge in [-0.25, -0.2) is 10.9 Å². The van der Waals surface area contributed by atoms with E-state index in [1.54, 1.807) is 24.3 Å². The summed E-state index contributed by atoms with van der Waals surface area (Å²) in [5.74, 6) is 0.687. The predicted molar refractivity (Wildman–Crippen MR) is 87.4 cm³/mol. The zero-order valence-electron chi connectivity index (χ0n) is 13.0. The van der Waals surface area contributed by atoms with Crippen LogP contribution in [0, 0.1) is 0 Å². The van der Waals surface area contributed by atoms with E-state index in [9.17, 15) is 9.59 Å². The lowest BCUT2D eigenvalue weighted by molar-refractivity contribution is -0.123. The topological polar surface area (TPSA) is 109 Å². The van der Waals surface area contributed by atoms with Gasteiger partial charge in [0, 0.05) is 12.8 Å². The average Bonchev–Trinajstić information content (AvgIpc) is 3.25. The van der Waals surface area contributed by atoms with E-state index in [0.29, 0.717) is 37.2 Å². The second-order valence-electron chi connectivity index (χ2n) is 4.82. The molecule has 0 atom stereocenters. The first kappa shape index (κ1) is 17.2. The number of unbranched alkanes of at least 4 members (excludes halogenated alkanes) is 1. The molecule has 2 N–H and O–H groups in total. The zero-order chi connectivity index (χ0) is 17.0. The molecule has 24 heavy (non-hydrogen) atoms. The normalized spacial score (nSPS) is 11.2. The lowest BCUT2D eigenvalue weighted by Gasteiger charge is -2.00. The van der Waals surface area contributed by atoms with Gasteiger partial charge in [-0.3, -0.25) is 9.59 Å². The SMILES string of the molecule is O=C(CCCCC(=O)NN=Cc1ccco1)NN=Cc1ccco1. The Morgan fingerprint density at radius 3 is 1.71 bits per heavy atom. The van der Waals surface area contributed by atoms with Crippen LogP contribution in [0.1, 0.15) is 37.2 Å². The number of hydrogen-bond donors (Lipinski definition) is 2. The molecular formula is C16H18N4O4. The molecule has 2 aromatic rings. The summed E-state index contributed by atoms with van der Waals surface area (Å²) in [6.07, 6.45) is 7.62. The van der Waals surface area contributed by atoms with Crippen molar-refractivity contribution >= 4 is 24.2 Å². The molecule has 0 saturated carbocycles. The molecule has 0 bridgehead atoms. The van der Waals surface area contributed by atoms with Crippen LogP contribution < -0.4 is 10.9 Å². The third kappa shape index (κ3) is 6.73. The van der Waals surface area contributed by atoms with Crippen LogP contribution in [0.15, 0.2) is 55.8 Å². The van der Waals surface area contributed by atoms with Crippen LogP contribution in [0.5, 0.6) is 0 Å². The molecule has 0 fully saturated rings. The van der Waals surface area contributed by atoms with Gasteiger partial charge in [-0.05, 0) is 37.1 Å². The first-order valence-corrected chi connectivity index (χ1v) is 7.45. The van der Waals surface area contributed by atoms with Gasteiger partial charge in [0.05, 0.1) is 25.0 Å². The number of carbonyl (C=O) groups excluding carboxylic acids is 2. The summed E-state index contributed by atoms with van der Waals surface area (Å²) in [6.45, 7) is 0. The second-order valence-corrected chi connectivity index (χ2v) is 4.82. The molecule has 0 aromatic carbocycles. The highest BCUT2D eigenvalue weighted by Crippen LogP contribution is 2.00. The molecule has 126 valence electrons. The minimum atomic E-state index is -0.214. The van der Waals surface area contributed by atoms with Gasteiger partial charge in [0.2, 0.25) is 11.8 Å². The van der Waals surface area contributed by atoms with E-state index in [2.05, 4.69) is 21.1 Å². The Bertz CT molecular complexity index is 615.